The molecule has 0 heterocycles. The van der Waals surface area contributed by atoms with Crippen molar-refractivity contribution in [3.63, 3.8) is 0 Å². The van der Waals surface area contributed by atoms with Gasteiger partial charge in [-0.05, 0) is 52.9 Å². The maximum Gasteiger partial charge on any atom is 0.407 e. The lowest BCUT2D eigenvalue weighted by Gasteiger charge is -2.19. The molecule has 0 bridgehead atoms. The van der Waals surface area contributed by atoms with Gasteiger partial charge >= 0.3 is 12.1 Å². The molecule has 0 aliphatic heterocycles. The highest BCUT2D eigenvalue weighted by atomic mass is 16.5. The smallest absolute Gasteiger partial charge is 0.407 e. The van der Waals surface area contributed by atoms with E-state index in [0.29, 0.717) is 11.4 Å². The van der Waals surface area contributed by atoms with Crippen LogP contribution in [0.5, 0.6) is 5.75 Å². The Labute approximate surface area is 202 Å². The molecule has 1 unspecified atom stereocenters. The number of methoxy groups -OCH3 is 1. The summed E-state index contributed by atoms with van der Waals surface area (Å²) in [6.07, 6.45) is -1.45. The molecule has 0 aromatic heterocycles. The molecule has 35 heavy (non-hydrogen) atoms. The Hall–Kier alpha value is -4.33. The Morgan fingerprint density at radius 3 is 2.17 bits per heavy atom. The van der Waals surface area contributed by atoms with Crippen molar-refractivity contribution < 1.29 is 29.0 Å². The molecule has 1 aliphatic rings. The number of hydrogen-bond donors (Lipinski definition) is 3. The number of rotatable bonds is 8. The molecule has 1 aliphatic carbocycles. The summed E-state index contributed by atoms with van der Waals surface area (Å²) < 4.78 is 10.6. The summed E-state index contributed by atoms with van der Waals surface area (Å²) in [5.74, 6) is -1.41. The van der Waals surface area contributed by atoms with Gasteiger partial charge in [-0.3, -0.25) is 9.59 Å². The van der Waals surface area contributed by atoms with Crippen molar-refractivity contribution in [3.05, 3.63) is 83.4 Å². The van der Waals surface area contributed by atoms with Crippen molar-refractivity contribution in [2.75, 3.05) is 19.0 Å². The molecule has 0 fully saturated rings. The fourth-order valence-corrected chi connectivity index (χ4v) is 4.29. The van der Waals surface area contributed by atoms with E-state index in [-0.39, 0.29) is 12.5 Å². The molecule has 180 valence electrons. The average Bonchev–Trinajstić information content (AvgIpc) is 3.17. The van der Waals surface area contributed by atoms with E-state index in [0.717, 1.165) is 27.8 Å². The number of benzene rings is 3. The molecular formula is C27H26N2O6. The van der Waals surface area contributed by atoms with Crippen LogP contribution in [0.15, 0.2) is 66.7 Å². The van der Waals surface area contributed by atoms with Crippen molar-refractivity contribution in [2.24, 2.45) is 0 Å². The molecule has 0 saturated carbocycles. The third-order valence-corrected chi connectivity index (χ3v) is 6.02. The van der Waals surface area contributed by atoms with Crippen molar-refractivity contribution in [3.8, 4) is 16.9 Å². The molecule has 3 aromatic rings. The van der Waals surface area contributed by atoms with E-state index in [1.807, 2.05) is 48.5 Å². The Bertz CT molecular complexity index is 1230. The zero-order valence-corrected chi connectivity index (χ0v) is 19.4. The van der Waals surface area contributed by atoms with Crippen LogP contribution in [0.25, 0.3) is 11.1 Å². The van der Waals surface area contributed by atoms with Crippen molar-refractivity contribution in [1.82, 2.24) is 5.32 Å². The summed E-state index contributed by atoms with van der Waals surface area (Å²) in [5, 5.41) is 14.3. The number of hydrogen-bond acceptors (Lipinski definition) is 5. The van der Waals surface area contributed by atoms with Crippen molar-refractivity contribution in [2.45, 2.75) is 25.3 Å². The standard InChI is InChI=1S/C27H26N2O6/c1-16-13-17(34-2)11-12-23(16)28-26(32)24(14-25(30)31)29-27(33)35-15-22-20-9-5-3-7-18(20)19-8-4-6-10-21(19)22/h3-13,22,24H,14-15H2,1-2H3,(H,28,32)(H,29,33)(H,30,31). The predicted octanol–water partition coefficient (Wildman–Crippen LogP) is 4.32. The van der Waals surface area contributed by atoms with E-state index < -0.39 is 30.4 Å². The second-order valence-corrected chi connectivity index (χ2v) is 8.29. The van der Waals surface area contributed by atoms with Gasteiger partial charge in [0.2, 0.25) is 5.91 Å². The molecule has 0 spiro atoms. The average molecular weight is 475 g/mol. The van der Waals surface area contributed by atoms with E-state index in [2.05, 4.69) is 10.6 Å². The third kappa shape index (κ3) is 5.27. The first kappa shape index (κ1) is 23.8. The molecule has 2 amide bonds. The Kier molecular flexibility index (Phi) is 7.01. The topological polar surface area (TPSA) is 114 Å². The van der Waals surface area contributed by atoms with E-state index in [9.17, 15) is 19.5 Å². The highest BCUT2D eigenvalue weighted by Gasteiger charge is 2.30. The quantitative estimate of drug-likeness (QED) is 0.448. The van der Waals surface area contributed by atoms with Gasteiger partial charge in [0, 0.05) is 11.6 Å². The van der Waals surface area contributed by atoms with Crippen LogP contribution in [-0.4, -0.2) is 42.8 Å². The SMILES string of the molecule is COc1ccc(NC(=O)C(CC(=O)O)NC(=O)OCC2c3ccccc3-c3ccccc32)c(C)c1. The molecule has 8 heteroatoms. The van der Waals surface area contributed by atoms with Crippen LogP contribution in [0.4, 0.5) is 10.5 Å². The molecule has 3 aromatic carbocycles. The van der Waals surface area contributed by atoms with Crippen LogP contribution in [-0.2, 0) is 14.3 Å². The van der Waals surface area contributed by atoms with Gasteiger partial charge in [-0.25, -0.2) is 4.79 Å². The first-order valence-corrected chi connectivity index (χ1v) is 11.2. The molecule has 0 radical (unpaired) electrons. The highest BCUT2D eigenvalue weighted by Crippen LogP contribution is 2.44. The summed E-state index contributed by atoms with van der Waals surface area (Å²) >= 11 is 0. The van der Waals surface area contributed by atoms with E-state index in [4.69, 9.17) is 9.47 Å². The number of aryl methyl sites for hydroxylation is 1. The van der Waals surface area contributed by atoms with Crippen LogP contribution in [0.2, 0.25) is 0 Å². The largest absolute Gasteiger partial charge is 0.497 e. The van der Waals surface area contributed by atoms with Crippen LogP contribution >= 0.6 is 0 Å². The fraction of sp³-hybridized carbons (Fsp3) is 0.222. The number of nitrogens with one attached hydrogen (secondary N) is 2. The minimum absolute atomic E-state index is 0.0544. The van der Waals surface area contributed by atoms with Gasteiger partial charge in [0.15, 0.2) is 0 Å². The first-order valence-electron chi connectivity index (χ1n) is 11.2. The lowest BCUT2D eigenvalue weighted by Crippen LogP contribution is -2.45. The third-order valence-electron chi connectivity index (χ3n) is 6.02. The number of anilines is 1. The lowest BCUT2D eigenvalue weighted by atomic mass is 9.98. The molecule has 8 nitrogen and oxygen atoms in total. The second-order valence-electron chi connectivity index (χ2n) is 8.29. The normalized spacial score (nSPS) is 12.7. The number of carbonyl (C=O) groups excluding carboxylic acids is 2. The van der Waals surface area contributed by atoms with Gasteiger partial charge in [-0.15, -0.1) is 0 Å². The Morgan fingerprint density at radius 1 is 0.971 bits per heavy atom. The van der Waals surface area contributed by atoms with Gasteiger partial charge < -0.3 is 25.2 Å². The number of carbonyl (C=O) groups is 3. The van der Waals surface area contributed by atoms with Gasteiger partial charge in [0.25, 0.3) is 0 Å². The molecule has 1 atom stereocenters. The maximum absolute atomic E-state index is 12.8. The fourth-order valence-electron chi connectivity index (χ4n) is 4.29. The summed E-state index contributed by atoms with van der Waals surface area (Å²) in [6, 6.07) is 19.6. The maximum atomic E-state index is 12.8. The number of alkyl carbamates (subject to hydrolysis) is 1. The lowest BCUT2D eigenvalue weighted by molar-refractivity contribution is -0.139. The van der Waals surface area contributed by atoms with Crippen molar-refractivity contribution in [1.29, 1.82) is 0 Å². The van der Waals surface area contributed by atoms with E-state index >= 15 is 0 Å². The zero-order chi connectivity index (χ0) is 24.9. The van der Waals surface area contributed by atoms with Crippen LogP contribution in [0.3, 0.4) is 0 Å². The highest BCUT2D eigenvalue weighted by molar-refractivity contribution is 5.99. The molecule has 4 rings (SSSR count). The summed E-state index contributed by atoms with van der Waals surface area (Å²) in [6.45, 7) is 1.84. The van der Waals surface area contributed by atoms with Crippen LogP contribution in [0.1, 0.15) is 29.0 Å². The number of aliphatic carboxylic acids is 1. The van der Waals surface area contributed by atoms with Gasteiger partial charge in [-0.1, -0.05) is 48.5 Å². The summed E-state index contributed by atoms with van der Waals surface area (Å²) in [5.41, 5.74) is 5.51. The number of fused-ring (bicyclic) bond motifs is 3. The Morgan fingerprint density at radius 2 is 1.60 bits per heavy atom. The number of ether oxygens (including phenoxy) is 2. The number of carboxylic acids is 1. The molecule has 0 saturated heterocycles. The second kappa shape index (κ2) is 10.3. The number of carboxylic acid groups (broad SMARTS) is 1. The van der Waals surface area contributed by atoms with Crippen molar-refractivity contribution >= 4 is 23.7 Å². The molecule has 3 N–H and O–H groups in total. The molecular weight excluding hydrogens is 448 g/mol. The van der Waals surface area contributed by atoms with Gasteiger partial charge in [0.05, 0.1) is 13.5 Å². The van der Waals surface area contributed by atoms with E-state index in [1.165, 1.54) is 7.11 Å². The Balaban J connectivity index is 1.43. The van der Waals surface area contributed by atoms with Gasteiger partial charge in [0.1, 0.15) is 18.4 Å². The van der Waals surface area contributed by atoms with Gasteiger partial charge in [-0.2, -0.15) is 0 Å². The predicted molar refractivity (Wildman–Crippen MR) is 131 cm³/mol. The minimum Gasteiger partial charge on any atom is -0.497 e. The first-order chi connectivity index (χ1) is 16.9. The summed E-state index contributed by atoms with van der Waals surface area (Å²) in [4.78, 5) is 36.8. The van der Waals surface area contributed by atoms with Crippen LogP contribution < -0.4 is 15.4 Å². The van der Waals surface area contributed by atoms with E-state index in [1.54, 1.807) is 25.1 Å². The monoisotopic (exact) mass is 474 g/mol. The summed E-state index contributed by atoms with van der Waals surface area (Å²) in [7, 11) is 1.54. The minimum atomic E-state index is -1.32. The number of amides is 2. The van der Waals surface area contributed by atoms with Crippen LogP contribution in [0, 0.1) is 6.92 Å². The zero-order valence-electron chi connectivity index (χ0n) is 19.4.